The SMILES string of the molecule is O=C(C1CC(O)CN1)N1CCc2ccc(O)cc2C1. The maximum absolute atomic E-state index is 12.3. The first-order valence-electron chi connectivity index (χ1n) is 6.64. The van der Waals surface area contributed by atoms with Crippen LogP contribution in [0.3, 0.4) is 0 Å². The smallest absolute Gasteiger partial charge is 0.240 e. The van der Waals surface area contributed by atoms with E-state index < -0.39 is 6.10 Å². The first kappa shape index (κ1) is 12.4. The van der Waals surface area contributed by atoms with Gasteiger partial charge in [-0.05, 0) is 36.1 Å². The van der Waals surface area contributed by atoms with Gasteiger partial charge in [0.15, 0.2) is 0 Å². The molecule has 2 aliphatic heterocycles. The van der Waals surface area contributed by atoms with Gasteiger partial charge < -0.3 is 20.4 Å². The lowest BCUT2D eigenvalue weighted by atomic mass is 9.98. The number of hydrogen-bond donors (Lipinski definition) is 3. The lowest BCUT2D eigenvalue weighted by Crippen LogP contribution is -2.45. The highest BCUT2D eigenvalue weighted by Gasteiger charge is 2.32. The Kier molecular flexibility index (Phi) is 3.16. The molecule has 0 radical (unpaired) electrons. The fourth-order valence-corrected chi connectivity index (χ4v) is 2.86. The number of carbonyl (C=O) groups is 1. The molecule has 5 nitrogen and oxygen atoms in total. The van der Waals surface area contributed by atoms with Crippen LogP contribution >= 0.6 is 0 Å². The van der Waals surface area contributed by atoms with Gasteiger partial charge >= 0.3 is 0 Å². The molecule has 2 aliphatic rings. The van der Waals surface area contributed by atoms with Crippen LogP contribution in [0.1, 0.15) is 17.5 Å². The Hall–Kier alpha value is -1.59. The highest BCUT2D eigenvalue weighted by molar-refractivity contribution is 5.82. The summed E-state index contributed by atoms with van der Waals surface area (Å²) in [6, 6.07) is 5.06. The quantitative estimate of drug-likeness (QED) is 0.666. The van der Waals surface area contributed by atoms with Gasteiger partial charge in [-0.2, -0.15) is 0 Å². The molecule has 1 aromatic carbocycles. The van der Waals surface area contributed by atoms with Crippen LogP contribution in [0.4, 0.5) is 0 Å². The van der Waals surface area contributed by atoms with Crippen LogP contribution in [-0.2, 0) is 17.8 Å². The Bertz CT molecular complexity index is 503. The molecule has 5 heteroatoms. The van der Waals surface area contributed by atoms with Crippen LogP contribution in [0.2, 0.25) is 0 Å². The number of β-amino-alcohol motifs (C(OH)–C–C–N with tert-alkyl or cyclic N) is 1. The molecule has 2 atom stereocenters. The number of benzene rings is 1. The number of amides is 1. The first-order valence-corrected chi connectivity index (χ1v) is 6.64. The number of phenolic OH excluding ortho intramolecular Hbond substituents is 1. The van der Waals surface area contributed by atoms with E-state index in [2.05, 4.69) is 5.32 Å². The van der Waals surface area contributed by atoms with Gasteiger partial charge in [-0.15, -0.1) is 0 Å². The normalized spacial score (nSPS) is 26.3. The van der Waals surface area contributed by atoms with E-state index >= 15 is 0 Å². The summed E-state index contributed by atoms with van der Waals surface area (Å²) >= 11 is 0. The average Bonchev–Trinajstić information content (AvgIpc) is 2.83. The number of nitrogens with zero attached hydrogens (tertiary/aromatic N) is 1. The molecule has 0 saturated carbocycles. The fourth-order valence-electron chi connectivity index (χ4n) is 2.86. The molecular weight excluding hydrogens is 244 g/mol. The number of phenols is 1. The molecule has 3 rings (SSSR count). The van der Waals surface area contributed by atoms with E-state index in [0.717, 1.165) is 12.0 Å². The highest BCUT2D eigenvalue weighted by Crippen LogP contribution is 2.24. The summed E-state index contributed by atoms with van der Waals surface area (Å²) in [6.07, 6.45) is 0.883. The Balaban J connectivity index is 1.73. The Morgan fingerprint density at radius 2 is 2.21 bits per heavy atom. The van der Waals surface area contributed by atoms with Crippen LogP contribution in [-0.4, -0.2) is 46.3 Å². The van der Waals surface area contributed by atoms with E-state index in [0.29, 0.717) is 26.1 Å². The van der Waals surface area contributed by atoms with Gasteiger partial charge in [0, 0.05) is 19.6 Å². The van der Waals surface area contributed by atoms with Crippen molar-refractivity contribution in [1.29, 1.82) is 0 Å². The van der Waals surface area contributed by atoms with E-state index in [1.807, 2.05) is 6.07 Å². The van der Waals surface area contributed by atoms with E-state index in [1.54, 1.807) is 17.0 Å². The zero-order valence-electron chi connectivity index (χ0n) is 10.7. The van der Waals surface area contributed by atoms with Crippen molar-refractivity contribution in [3.8, 4) is 5.75 Å². The van der Waals surface area contributed by atoms with E-state index in [1.165, 1.54) is 5.56 Å². The molecule has 0 aromatic heterocycles. The number of nitrogens with one attached hydrogen (secondary N) is 1. The van der Waals surface area contributed by atoms with Crippen molar-refractivity contribution >= 4 is 5.91 Å². The van der Waals surface area contributed by atoms with Gasteiger partial charge in [0.1, 0.15) is 5.75 Å². The summed E-state index contributed by atoms with van der Waals surface area (Å²) in [7, 11) is 0. The lowest BCUT2D eigenvalue weighted by Gasteiger charge is -2.31. The van der Waals surface area contributed by atoms with E-state index in [9.17, 15) is 15.0 Å². The maximum Gasteiger partial charge on any atom is 0.240 e. The minimum atomic E-state index is -0.421. The predicted octanol–water partition coefficient (Wildman–Crippen LogP) is -0.000300. The zero-order valence-corrected chi connectivity index (χ0v) is 10.7. The molecule has 1 aromatic rings. The molecule has 1 saturated heterocycles. The van der Waals surface area contributed by atoms with Crippen LogP contribution in [0.15, 0.2) is 18.2 Å². The van der Waals surface area contributed by atoms with E-state index in [4.69, 9.17) is 0 Å². The maximum atomic E-state index is 12.3. The van der Waals surface area contributed by atoms with Crippen molar-refractivity contribution in [3.05, 3.63) is 29.3 Å². The summed E-state index contributed by atoms with van der Waals surface area (Å²) in [6.45, 7) is 1.73. The molecule has 0 spiro atoms. The van der Waals surface area contributed by atoms with Crippen LogP contribution < -0.4 is 5.32 Å². The van der Waals surface area contributed by atoms with Gasteiger partial charge in [-0.25, -0.2) is 0 Å². The summed E-state index contributed by atoms with van der Waals surface area (Å²) in [5, 5.41) is 22.0. The summed E-state index contributed by atoms with van der Waals surface area (Å²) in [4.78, 5) is 14.1. The Morgan fingerprint density at radius 3 is 2.95 bits per heavy atom. The number of aliphatic hydroxyl groups is 1. The topological polar surface area (TPSA) is 72.8 Å². The largest absolute Gasteiger partial charge is 0.508 e. The van der Waals surface area contributed by atoms with Crippen molar-refractivity contribution < 1.29 is 15.0 Å². The average molecular weight is 262 g/mol. The number of hydrogen-bond acceptors (Lipinski definition) is 4. The molecule has 0 bridgehead atoms. The third kappa shape index (κ3) is 2.43. The van der Waals surface area contributed by atoms with Crippen molar-refractivity contribution in [2.24, 2.45) is 0 Å². The molecule has 3 N–H and O–H groups in total. The van der Waals surface area contributed by atoms with Crippen molar-refractivity contribution in [2.75, 3.05) is 13.1 Å². The van der Waals surface area contributed by atoms with E-state index in [-0.39, 0.29) is 17.7 Å². The number of aliphatic hydroxyl groups excluding tert-OH is 1. The van der Waals surface area contributed by atoms with Gasteiger partial charge in [0.25, 0.3) is 0 Å². The Labute approximate surface area is 111 Å². The second kappa shape index (κ2) is 4.83. The van der Waals surface area contributed by atoms with Crippen molar-refractivity contribution in [2.45, 2.75) is 31.5 Å². The third-order valence-electron chi connectivity index (χ3n) is 3.92. The minimum Gasteiger partial charge on any atom is -0.508 e. The fraction of sp³-hybridized carbons (Fsp3) is 0.500. The Morgan fingerprint density at radius 1 is 1.37 bits per heavy atom. The summed E-state index contributed by atoms with van der Waals surface area (Å²) in [5.74, 6) is 0.285. The second-order valence-corrected chi connectivity index (χ2v) is 5.31. The highest BCUT2D eigenvalue weighted by atomic mass is 16.3. The monoisotopic (exact) mass is 262 g/mol. The summed E-state index contributed by atoms with van der Waals surface area (Å²) in [5.41, 5.74) is 2.21. The number of fused-ring (bicyclic) bond motifs is 1. The standard InChI is InChI=1S/C14H18N2O3/c17-11-2-1-9-3-4-16(8-10(9)5-11)14(19)13-6-12(18)7-15-13/h1-2,5,12-13,15,17-18H,3-4,6-8H2. The molecule has 19 heavy (non-hydrogen) atoms. The number of carbonyl (C=O) groups excluding carboxylic acids is 1. The lowest BCUT2D eigenvalue weighted by molar-refractivity contribution is -0.134. The molecule has 2 unspecified atom stereocenters. The molecule has 1 fully saturated rings. The summed E-state index contributed by atoms with van der Waals surface area (Å²) < 4.78 is 0. The first-order chi connectivity index (χ1) is 9.13. The molecule has 2 heterocycles. The van der Waals surface area contributed by atoms with Crippen LogP contribution in [0.5, 0.6) is 5.75 Å². The van der Waals surface area contributed by atoms with Crippen molar-refractivity contribution in [1.82, 2.24) is 10.2 Å². The minimum absolute atomic E-state index is 0.0468. The number of rotatable bonds is 1. The molecule has 0 aliphatic carbocycles. The predicted molar refractivity (Wildman–Crippen MR) is 69.6 cm³/mol. The van der Waals surface area contributed by atoms with Crippen molar-refractivity contribution in [3.63, 3.8) is 0 Å². The van der Waals surface area contributed by atoms with Crippen LogP contribution in [0, 0.1) is 0 Å². The van der Waals surface area contributed by atoms with Gasteiger partial charge in [-0.3, -0.25) is 4.79 Å². The number of aromatic hydroxyl groups is 1. The third-order valence-corrected chi connectivity index (χ3v) is 3.92. The van der Waals surface area contributed by atoms with Crippen LogP contribution in [0.25, 0.3) is 0 Å². The molecular formula is C14H18N2O3. The zero-order chi connectivity index (χ0) is 13.4. The molecule has 1 amide bonds. The van der Waals surface area contributed by atoms with Gasteiger partial charge in [0.05, 0.1) is 12.1 Å². The second-order valence-electron chi connectivity index (χ2n) is 5.31. The van der Waals surface area contributed by atoms with Gasteiger partial charge in [0.2, 0.25) is 5.91 Å². The molecule has 102 valence electrons. The van der Waals surface area contributed by atoms with Gasteiger partial charge in [-0.1, -0.05) is 6.07 Å².